The monoisotopic (exact) mass is 406 g/mol. The van der Waals surface area contributed by atoms with Crippen LogP contribution in [0.4, 0.5) is 14.5 Å². The minimum absolute atomic E-state index is 0.118. The third kappa shape index (κ3) is 3.93. The van der Waals surface area contributed by atoms with Crippen molar-refractivity contribution in [1.29, 1.82) is 5.41 Å². The standard InChI is InChI=1S/C20H24F2N4OS/c1-11-8-13(28-26-10-20(21,22)9-12(26)2)4-5-14(11)15-6-7-16(23)17(19(24)25)18(15)27-3/h4-8,12H,9-10,23H2,1-3H3,(H3,24,25). The first-order chi connectivity index (χ1) is 13.1. The number of anilines is 1. The molecule has 28 heavy (non-hydrogen) atoms. The lowest BCUT2D eigenvalue weighted by molar-refractivity contribution is 0.0179. The van der Waals surface area contributed by atoms with Gasteiger partial charge in [-0.05, 0) is 61.2 Å². The van der Waals surface area contributed by atoms with Gasteiger partial charge in [0.05, 0.1) is 19.2 Å². The predicted molar refractivity (Wildman–Crippen MR) is 110 cm³/mol. The topological polar surface area (TPSA) is 88.4 Å². The maximum Gasteiger partial charge on any atom is 0.263 e. The van der Waals surface area contributed by atoms with Gasteiger partial charge in [0.15, 0.2) is 0 Å². The number of methoxy groups -OCH3 is 1. The van der Waals surface area contributed by atoms with E-state index in [4.69, 9.17) is 21.6 Å². The third-order valence-corrected chi connectivity index (χ3v) is 6.04. The van der Waals surface area contributed by atoms with Crippen molar-refractivity contribution < 1.29 is 13.5 Å². The Morgan fingerprint density at radius 2 is 1.96 bits per heavy atom. The SMILES string of the molecule is COc1c(-c2ccc(SN3CC(F)(F)CC3C)cc2C)ccc(N)c1C(=N)N. The average Bonchev–Trinajstić information content (AvgIpc) is 2.86. The molecular weight excluding hydrogens is 382 g/mol. The van der Waals surface area contributed by atoms with Crippen molar-refractivity contribution in [2.24, 2.45) is 5.73 Å². The van der Waals surface area contributed by atoms with E-state index in [1.165, 1.54) is 19.1 Å². The first-order valence-corrected chi connectivity index (χ1v) is 9.64. The highest BCUT2D eigenvalue weighted by atomic mass is 32.2. The van der Waals surface area contributed by atoms with Crippen molar-refractivity contribution in [2.45, 2.75) is 37.1 Å². The van der Waals surface area contributed by atoms with Crippen LogP contribution in [0, 0.1) is 12.3 Å². The number of nitrogens with zero attached hydrogens (tertiary/aromatic N) is 1. The maximum atomic E-state index is 13.6. The van der Waals surface area contributed by atoms with E-state index in [9.17, 15) is 8.78 Å². The molecule has 1 fully saturated rings. The van der Waals surface area contributed by atoms with Crippen LogP contribution in [0.1, 0.15) is 24.5 Å². The summed E-state index contributed by atoms with van der Waals surface area (Å²) in [6, 6.07) is 9.14. The summed E-state index contributed by atoms with van der Waals surface area (Å²) < 4.78 is 34.5. The molecule has 0 amide bonds. The molecular formula is C20H24F2N4OS. The molecule has 1 unspecified atom stereocenters. The molecule has 1 aliphatic heterocycles. The first kappa shape index (κ1) is 20.4. The summed E-state index contributed by atoms with van der Waals surface area (Å²) in [5.41, 5.74) is 15.0. The predicted octanol–water partition coefficient (Wildman–Crippen LogP) is 4.27. The molecule has 0 bridgehead atoms. The number of nitrogens with two attached hydrogens (primary N) is 2. The highest BCUT2D eigenvalue weighted by molar-refractivity contribution is 7.97. The molecule has 0 aromatic heterocycles. The van der Waals surface area contributed by atoms with E-state index in [2.05, 4.69) is 0 Å². The number of hydrogen-bond donors (Lipinski definition) is 3. The summed E-state index contributed by atoms with van der Waals surface area (Å²) in [4.78, 5) is 0.895. The summed E-state index contributed by atoms with van der Waals surface area (Å²) in [5.74, 6) is -2.35. The summed E-state index contributed by atoms with van der Waals surface area (Å²) in [6.07, 6.45) is -0.118. The normalized spacial score (nSPS) is 19.0. The fourth-order valence-corrected chi connectivity index (χ4v) is 4.67. The summed E-state index contributed by atoms with van der Waals surface area (Å²) in [7, 11) is 1.51. The van der Waals surface area contributed by atoms with Crippen LogP contribution >= 0.6 is 11.9 Å². The largest absolute Gasteiger partial charge is 0.495 e. The molecule has 2 aromatic carbocycles. The second kappa shape index (κ2) is 7.60. The highest BCUT2D eigenvalue weighted by Crippen LogP contribution is 2.41. The van der Waals surface area contributed by atoms with Gasteiger partial charge in [0.25, 0.3) is 5.92 Å². The van der Waals surface area contributed by atoms with Gasteiger partial charge in [-0.25, -0.2) is 13.1 Å². The Labute approximate surface area is 167 Å². The molecule has 1 saturated heterocycles. The molecule has 1 heterocycles. The van der Waals surface area contributed by atoms with Crippen LogP contribution in [0.25, 0.3) is 11.1 Å². The lowest BCUT2D eigenvalue weighted by Crippen LogP contribution is -2.21. The van der Waals surface area contributed by atoms with Crippen LogP contribution in [-0.4, -0.2) is 35.8 Å². The number of rotatable bonds is 5. The number of ether oxygens (including phenoxy) is 1. The van der Waals surface area contributed by atoms with Crippen LogP contribution in [0.15, 0.2) is 35.2 Å². The Hall–Kier alpha value is -2.32. The molecule has 0 saturated carbocycles. The van der Waals surface area contributed by atoms with Crippen LogP contribution in [0.5, 0.6) is 5.75 Å². The molecule has 2 aromatic rings. The van der Waals surface area contributed by atoms with Crippen molar-refractivity contribution in [3.8, 4) is 16.9 Å². The smallest absolute Gasteiger partial charge is 0.263 e. The number of halogens is 2. The molecule has 5 N–H and O–H groups in total. The third-order valence-electron chi connectivity index (χ3n) is 4.85. The zero-order valence-corrected chi connectivity index (χ0v) is 16.9. The van der Waals surface area contributed by atoms with E-state index in [1.807, 2.05) is 38.1 Å². The van der Waals surface area contributed by atoms with Crippen LogP contribution in [-0.2, 0) is 0 Å². The van der Waals surface area contributed by atoms with Gasteiger partial charge in [-0.2, -0.15) is 0 Å². The maximum absolute atomic E-state index is 13.6. The Morgan fingerprint density at radius 3 is 2.50 bits per heavy atom. The minimum atomic E-state index is -2.64. The van der Waals surface area contributed by atoms with Gasteiger partial charge in [0, 0.05) is 28.6 Å². The van der Waals surface area contributed by atoms with E-state index in [0.29, 0.717) is 17.0 Å². The second-order valence-corrected chi connectivity index (χ2v) is 8.20. The van der Waals surface area contributed by atoms with Gasteiger partial charge in [0.1, 0.15) is 11.6 Å². The van der Waals surface area contributed by atoms with E-state index >= 15 is 0 Å². The van der Waals surface area contributed by atoms with E-state index < -0.39 is 5.92 Å². The van der Waals surface area contributed by atoms with Gasteiger partial charge >= 0.3 is 0 Å². The molecule has 1 aliphatic rings. The molecule has 0 radical (unpaired) electrons. The van der Waals surface area contributed by atoms with Crippen LogP contribution < -0.4 is 16.2 Å². The van der Waals surface area contributed by atoms with Crippen molar-refractivity contribution in [3.05, 3.63) is 41.5 Å². The lowest BCUT2D eigenvalue weighted by Gasteiger charge is -2.20. The average molecular weight is 407 g/mol. The van der Waals surface area contributed by atoms with E-state index in [0.717, 1.165) is 21.6 Å². The highest BCUT2D eigenvalue weighted by Gasteiger charge is 2.43. The van der Waals surface area contributed by atoms with E-state index in [-0.39, 0.29) is 24.8 Å². The lowest BCUT2D eigenvalue weighted by atomic mass is 9.96. The first-order valence-electron chi connectivity index (χ1n) is 8.87. The van der Waals surface area contributed by atoms with Gasteiger partial charge in [-0.3, -0.25) is 5.41 Å². The number of alkyl halides is 2. The van der Waals surface area contributed by atoms with Gasteiger partial charge in [-0.1, -0.05) is 6.07 Å². The Kier molecular flexibility index (Phi) is 5.54. The summed E-state index contributed by atoms with van der Waals surface area (Å²) in [6.45, 7) is 3.52. The Balaban J connectivity index is 1.94. The quantitative estimate of drug-likeness (QED) is 0.299. The Morgan fingerprint density at radius 1 is 1.29 bits per heavy atom. The van der Waals surface area contributed by atoms with Crippen molar-refractivity contribution in [1.82, 2.24) is 4.31 Å². The van der Waals surface area contributed by atoms with E-state index in [1.54, 1.807) is 10.4 Å². The van der Waals surface area contributed by atoms with Crippen molar-refractivity contribution >= 4 is 23.5 Å². The number of benzene rings is 2. The molecule has 150 valence electrons. The molecule has 1 atom stereocenters. The zero-order chi connectivity index (χ0) is 20.6. The fraction of sp³-hybridized carbons (Fsp3) is 0.350. The summed E-state index contributed by atoms with van der Waals surface area (Å²) in [5, 5.41) is 7.79. The number of amidine groups is 1. The molecule has 0 spiro atoms. The van der Waals surface area contributed by atoms with Crippen LogP contribution in [0.3, 0.4) is 0 Å². The van der Waals surface area contributed by atoms with Gasteiger partial charge in [0.2, 0.25) is 0 Å². The van der Waals surface area contributed by atoms with Crippen LogP contribution in [0.2, 0.25) is 0 Å². The second-order valence-electron chi connectivity index (χ2n) is 7.08. The summed E-state index contributed by atoms with van der Waals surface area (Å²) >= 11 is 1.35. The molecule has 5 nitrogen and oxygen atoms in total. The number of nitrogen functional groups attached to an aromatic ring is 2. The van der Waals surface area contributed by atoms with Gasteiger partial charge in [-0.15, -0.1) is 0 Å². The molecule has 0 aliphatic carbocycles. The molecule has 8 heteroatoms. The number of aryl methyl sites for hydroxylation is 1. The fourth-order valence-electron chi connectivity index (χ4n) is 3.54. The van der Waals surface area contributed by atoms with Gasteiger partial charge < -0.3 is 16.2 Å². The van der Waals surface area contributed by atoms with Crippen molar-refractivity contribution in [2.75, 3.05) is 19.4 Å². The number of nitrogens with one attached hydrogen (secondary N) is 1. The zero-order valence-electron chi connectivity index (χ0n) is 16.1. The molecule has 3 rings (SSSR count). The number of hydrogen-bond acceptors (Lipinski definition) is 5. The van der Waals surface area contributed by atoms with Crippen molar-refractivity contribution in [3.63, 3.8) is 0 Å². The minimum Gasteiger partial charge on any atom is -0.495 e. The Bertz CT molecular complexity index is 919.